The maximum Gasteiger partial charge on any atom is 0.303 e. The Morgan fingerprint density at radius 1 is 1.38 bits per heavy atom. The van der Waals surface area contributed by atoms with Crippen LogP contribution in [-0.2, 0) is 23.8 Å². The standard InChI is InChI=1S/C9H14ClNO5/c1-4(12)14-3-6-8(15-5(2)13)7(10)9(11)16-6/h6-9H,3,11H2,1-2H3/t6-,7-,8-,9?/m1/s1. The molecule has 1 rings (SSSR count). The lowest BCUT2D eigenvalue weighted by Gasteiger charge is -2.18. The highest BCUT2D eigenvalue weighted by Gasteiger charge is 2.44. The number of carbonyl (C=O) groups is 2. The molecular weight excluding hydrogens is 238 g/mol. The van der Waals surface area contributed by atoms with Gasteiger partial charge in [-0.3, -0.25) is 9.59 Å². The van der Waals surface area contributed by atoms with Gasteiger partial charge in [-0.2, -0.15) is 0 Å². The highest BCUT2D eigenvalue weighted by Crippen LogP contribution is 2.26. The smallest absolute Gasteiger partial charge is 0.303 e. The fourth-order valence-corrected chi connectivity index (χ4v) is 1.69. The Morgan fingerprint density at radius 2 is 2.00 bits per heavy atom. The van der Waals surface area contributed by atoms with E-state index in [1.54, 1.807) is 0 Å². The van der Waals surface area contributed by atoms with Crippen LogP contribution in [0, 0.1) is 0 Å². The number of alkyl halides is 1. The molecule has 6 nitrogen and oxygen atoms in total. The lowest BCUT2D eigenvalue weighted by Crippen LogP contribution is -2.37. The topological polar surface area (TPSA) is 87.8 Å². The zero-order valence-corrected chi connectivity index (χ0v) is 9.77. The van der Waals surface area contributed by atoms with Crippen LogP contribution in [0.4, 0.5) is 0 Å². The third-order valence-electron chi connectivity index (χ3n) is 2.08. The van der Waals surface area contributed by atoms with Gasteiger partial charge >= 0.3 is 11.9 Å². The maximum atomic E-state index is 10.9. The van der Waals surface area contributed by atoms with E-state index in [4.69, 9.17) is 31.5 Å². The molecule has 4 atom stereocenters. The number of carbonyl (C=O) groups excluding carboxylic acids is 2. The number of ether oxygens (including phenoxy) is 3. The van der Waals surface area contributed by atoms with E-state index in [-0.39, 0.29) is 6.61 Å². The highest BCUT2D eigenvalue weighted by molar-refractivity contribution is 6.21. The summed E-state index contributed by atoms with van der Waals surface area (Å²) >= 11 is 5.92. The molecule has 0 aliphatic carbocycles. The predicted molar refractivity (Wildman–Crippen MR) is 54.7 cm³/mol. The van der Waals surface area contributed by atoms with E-state index >= 15 is 0 Å². The molecule has 1 aliphatic heterocycles. The minimum atomic E-state index is -0.744. The molecule has 1 heterocycles. The predicted octanol–water partition coefficient (Wildman–Crippen LogP) is -0.228. The molecule has 0 saturated carbocycles. The SMILES string of the molecule is CC(=O)OC[C@H]1OC(N)[C@H](Cl)[C@@H]1OC(C)=O. The number of hydrogen-bond donors (Lipinski definition) is 1. The lowest BCUT2D eigenvalue weighted by atomic mass is 10.2. The molecule has 0 aromatic heterocycles. The lowest BCUT2D eigenvalue weighted by molar-refractivity contribution is -0.154. The van der Waals surface area contributed by atoms with E-state index in [2.05, 4.69) is 0 Å². The molecule has 2 N–H and O–H groups in total. The van der Waals surface area contributed by atoms with Crippen LogP contribution in [-0.4, -0.2) is 42.4 Å². The Kier molecular flexibility index (Phi) is 4.52. The Balaban J connectivity index is 2.59. The fraction of sp³-hybridized carbons (Fsp3) is 0.778. The molecule has 0 amide bonds. The highest BCUT2D eigenvalue weighted by atomic mass is 35.5. The van der Waals surface area contributed by atoms with Crippen LogP contribution < -0.4 is 5.73 Å². The Bertz CT molecular complexity index is 285. The minimum absolute atomic E-state index is 0.0375. The number of halogens is 1. The van der Waals surface area contributed by atoms with Crippen molar-refractivity contribution in [3.05, 3.63) is 0 Å². The van der Waals surface area contributed by atoms with Crippen molar-refractivity contribution < 1.29 is 23.8 Å². The van der Waals surface area contributed by atoms with E-state index in [0.29, 0.717) is 0 Å². The number of nitrogens with two attached hydrogens (primary N) is 1. The third kappa shape index (κ3) is 3.33. The summed E-state index contributed by atoms with van der Waals surface area (Å²) in [6.07, 6.45) is -2.06. The molecule has 7 heteroatoms. The first-order chi connectivity index (χ1) is 7.41. The van der Waals surface area contributed by atoms with Gasteiger partial charge in [-0.05, 0) is 0 Å². The normalized spacial score (nSPS) is 33.5. The third-order valence-corrected chi connectivity index (χ3v) is 2.58. The average Bonchev–Trinajstić information content (AvgIpc) is 2.42. The molecule has 0 spiro atoms. The molecule has 1 aliphatic rings. The van der Waals surface area contributed by atoms with E-state index in [0.717, 1.165) is 0 Å². The van der Waals surface area contributed by atoms with Crippen molar-refractivity contribution in [2.45, 2.75) is 37.7 Å². The fourth-order valence-electron chi connectivity index (χ4n) is 1.41. The molecule has 0 radical (unpaired) electrons. The number of hydrogen-bond acceptors (Lipinski definition) is 6. The first-order valence-electron chi connectivity index (χ1n) is 4.77. The average molecular weight is 252 g/mol. The first kappa shape index (κ1) is 13.2. The zero-order chi connectivity index (χ0) is 12.3. The van der Waals surface area contributed by atoms with Crippen LogP contribution in [0.15, 0.2) is 0 Å². The van der Waals surface area contributed by atoms with E-state index in [1.807, 2.05) is 0 Å². The molecular formula is C9H14ClNO5. The van der Waals surface area contributed by atoms with Crippen LogP contribution in [0.2, 0.25) is 0 Å². The van der Waals surface area contributed by atoms with Gasteiger partial charge in [-0.1, -0.05) is 0 Å². The number of rotatable bonds is 3. The van der Waals surface area contributed by atoms with Gasteiger partial charge in [-0.25, -0.2) is 0 Å². The van der Waals surface area contributed by atoms with Gasteiger partial charge < -0.3 is 19.9 Å². The summed E-state index contributed by atoms with van der Waals surface area (Å²) in [6, 6.07) is 0. The van der Waals surface area contributed by atoms with Crippen LogP contribution in [0.3, 0.4) is 0 Å². The molecule has 0 aromatic carbocycles. The van der Waals surface area contributed by atoms with Crippen molar-refractivity contribution in [2.75, 3.05) is 6.61 Å². The van der Waals surface area contributed by atoms with Gasteiger partial charge in [0.1, 0.15) is 24.3 Å². The quantitative estimate of drug-likeness (QED) is 0.551. The summed E-state index contributed by atoms with van der Waals surface area (Å²) in [5.41, 5.74) is 5.56. The number of esters is 2. The molecule has 1 saturated heterocycles. The first-order valence-corrected chi connectivity index (χ1v) is 5.21. The summed E-state index contributed by atoms with van der Waals surface area (Å²) in [7, 11) is 0. The van der Waals surface area contributed by atoms with Crippen LogP contribution in [0.25, 0.3) is 0 Å². The van der Waals surface area contributed by atoms with Gasteiger partial charge in [0.25, 0.3) is 0 Å². The molecule has 0 bridgehead atoms. The molecule has 1 fully saturated rings. The summed E-state index contributed by atoms with van der Waals surface area (Å²) in [5.74, 6) is -0.932. The second-order valence-electron chi connectivity index (χ2n) is 3.46. The molecule has 0 aromatic rings. The monoisotopic (exact) mass is 251 g/mol. The van der Waals surface area contributed by atoms with Crippen molar-refractivity contribution in [3.8, 4) is 0 Å². The largest absolute Gasteiger partial charge is 0.463 e. The van der Waals surface area contributed by atoms with Crippen LogP contribution in [0.5, 0.6) is 0 Å². The second-order valence-corrected chi connectivity index (χ2v) is 3.96. The summed E-state index contributed by atoms with van der Waals surface area (Å²) in [6.45, 7) is 2.49. The second kappa shape index (κ2) is 5.47. The van der Waals surface area contributed by atoms with Gasteiger partial charge in [0, 0.05) is 13.8 Å². The van der Waals surface area contributed by atoms with Crippen LogP contribution >= 0.6 is 11.6 Å². The Hall–Kier alpha value is -0.850. The summed E-state index contributed by atoms with van der Waals surface area (Å²) in [4.78, 5) is 21.5. The van der Waals surface area contributed by atoms with Gasteiger partial charge in [0.05, 0.1) is 0 Å². The maximum absolute atomic E-state index is 10.9. The van der Waals surface area contributed by atoms with E-state index < -0.39 is 35.8 Å². The van der Waals surface area contributed by atoms with Crippen molar-refractivity contribution in [3.63, 3.8) is 0 Å². The van der Waals surface area contributed by atoms with E-state index in [1.165, 1.54) is 13.8 Å². The summed E-state index contributed by atoms with van der Waals surface area (Å²) in [5, 5.41) is -0.649. The van der Waals surface area contributed by atoms with Crippen molar-refractivity contribution >= 4 is 23.5 Å². The van der Waals surface area contributed by atoms with Crippen molar-refractivity contribution in [1.82, 2.24) is 0 Å². The minimum Gasteiger partial charge on any atom is -0.463 e. The Morgan fingerprint density at radius 3 is 2.50 bits per heavy atom. The van der Waals surface area contributed by atoms with E-state index in [9.17, 15) is 9.59 Å². The Labute approximate surface area is 98.0 Å². The summed E-state index contributed by atoms with van der Waals surface area (Å²) < 4.78 is 15.0. The van der Waals surface area contributed by atoms with Gasteiger partial charge in [-0.15, -0.1) is 11.6 Å². The van der Waals surface area contributed by atoms with Crippen LogP contribution in [0.1, 0.15) is 13.8 Å². The van der Waals surface area contributed by atoms with Crippen molar-refractivity contribution in [1.29, 1.82) is 0 Å². The molecule has 92 valence electrons. The van der Waals surface area contributed by atoms with Crippen molar-refractivity contribution in [2.24, 2.45) is 5.73 Å². The van der Waals surface area contributed by atoms with Gasteiger partial charge in [0.2, 0.25) is 0 Å². The zero-order valence-electron chi connectivity index (χ0n) is 9.01. The molecule has 1 unspecified atom stereocenters. The van der Waals surface area contributed by atoms with Gasteiger partial charge in [0.15, 0.2) is 6.10 Å². The molecule has 16 heavy (non-hydrogen) atoms.